The van der Waals surface area contributed by atoms with E-state index in [0.29, 0.717) is 6.42 Å². The van der Waals surface area contributed by atoms with Crippen LogP contribution >= 0.6 is 0 Å². The van der Waals surface area contributed by atoms with E-state index in [-0.39, 0.29) is 16.5 Å². The fourth-order valence-corrected chi connectivity index (χ4v) is 2.94. The van der Waals surface area contributed by atoms with Gasteiger partial charge in [-0.3, -0.25) is 4.79 Å². The van der Waals surface area contributed by atoms with Crippen LogP contribution in [0.25, 0.3) is 0 Å². The lowest BCUT2D eigenvalue weighted by Crippen LogP contribution is -2.42. The Morgan fingerprint density at radius 3 is 2.26 bits per heavy atom. The Morgan fingerprint density at radius 2 is 1.83 bits per heavy atom. The van der Waals surface area contributed by atoms with Crippen LogP contribution in [0.5, 0.6) is 0 Å². The molecule has 0 bridgehead atoms. The Bertz CT molecular complexity index is 660. The van der Waals surface area contributed by atoms with Crippen molar-refractivity contribution >= 4 is 21.9 Å². The van der Waals surface area contributed by atoms with Crippen LogP contribution in [-0.4, -0.2) is 44.2 Å². The molecule has 128 valence electrons. The van der Waals surface area contributed by atoms with Gasteiger partial charge in [-0.25, -0.2) is 22.3 Å². The maximum Gasteiger partial charge on any atom is 0.328 e. The lowest BCUT2D eigenvalue weighted by Gasteiger charge is -2.13. The summed E-state index contributed by atoms with van der Waals surface area (Å²) in [5.41, 5.74) is 0.0344. The van der Waals surface area contributed by atoms with E-state index in [1.165, 1.54) is 24.3 Å². The number of alkyl halides is 1. The van der Waals surface area contributed by atoms with Crippen molar-refractivity contribution in [2.24, 2.45) is 0 Å². The molecule has 0 aromatic heterocycles. The van der Waals surface area contributed by atoms with Crippen molar-refractivity contribution in [2.75, 3.05) is 6.67 Å². The summed E-state index contributed by atoms with van der Waals surface area (Å²) < 4.78 is 39.1. The highest BCUT2D eigenvalue weighted by Crippen LogP contribution is 2.12. The number of carbonyl (C=O) groups excluding carboxylic acids is 1. The molecule has 23 heavy (non-hydrogen) atoms. The molecule has 2 atom stereocenters. The summed E-state index contributed by atoms with van der Waals surface area (Å²) >= 11 is 0. The fourth-order valence-electron chi connectivity index (χ4n) is 1.61. The van der Waals surface area contributed by atoms with Gasteiger partial charge in [0, 0.05) is 11.6 Å². The lowest BCUT2D eigenvalue weighted by molar-refractivity contribution is -0.139. The first-order chi connectivity index (χ1) is 10.7. The number of carboxylic acids is 1. The number of sulfonamides is 1. The molecule has 7 nitrogen and oxygen atoms in total. The van der Waals surface area contributed by atoms with Crippen LogP contribution in [-0.2, 0) is 14.8 Å². The number of halogens is 1. The summed E-state index contributed by atoms with van der Waals surface area (Å²) in [4.78, 5) is 22.5. The van der Waals surface area contributed by atoms with Gasteiger partial charge in [-0.15, -0.1) is 0 Å². The minimum Gasteiger partial charge on any atom is -0.480 e. The maximum atomic E-state index is 12.5. The molecule has 3 N–H and O–H groups in total. The van der Waals surface area contributed by atoms with Gasteiger partial charge in [0.2, 0.25) is 10.0 Å². The van der Waals surface area contributed by atoms with E-state index in [2.05, 4.69) is 4.72 Å². The summed E-state index contributed by atoms with van der Waals surface area (Å²) in [6, 6.07) is 3.05. The Hall–Kier alpha value is -2.00. The Labute approximate surface area is 133 Å². The smallest absolute Gasteiger partial charge is 0.328 e. The monoisotopic (exact) mass is 346 g/mol. The van der Waals surface area contributed by atoms with Crippen molar-refractivity contribution in [3.05, 3.63) is 29.8 Å². The number of benzene rings is 1. The van der Waals surface area contributed by atoms with Crippen molar-refractivity contribution in [1.82, 2.24) is 10.0 Å². The molecule has 0 fully saturated rings. The first kappa shape index (κ1) is 19.0. The fraction of sp³-hybridized carbons (Fsp3) is 0.429. The van der Waals surface area contributed by atoms with Gasteiger partial charge in [0.25, 0.3) is 5.91 Å². The zero-order chi connectivity index (χ0) is 17.6. The lowest BCUT2D eigenvalue weighted by atomic mass is 10.2. The van der Waals surface area contributed by atoms with Crippen molar-refractivity contribution < 1.29 is 27.5 Å². The Balaban J connectivity index is 2.88. The minimum absolute atomic E-state index is 0.0189. The van der Waals surface area contributed by atoms with Crippen LogP contribution < -0.4 is 10.0 Å². The van der Waals surface area contributed by atoms with Gasteiger partial charge < -0.3 is 10.4 Å². The largest absolute Gasteiger partial charge is 0.480 e. The van der Waals surface area contributed by atoms with Crippen LogP contribution in [0.4, 0.5) is 4.39 Å². The highest BCUT2D eigenvalue weighted by atomic mass is 32.2. The molecular formula is C14H19FN2O5S. The second-order valence-electron chi connectivity index (χ2n) is 4.97. The van der Waals surface area contributed by atoms with E-state index in [1.807, 2.05) is 12.2 Å². The van der Waals surface area contributed by atoms with Crippen LogP contribution in [0.15, 0.2) is 29.2 Å². The van der Waals surface area contributed by atoms with E-state index in [9.17, 15) is 22.4 Å². The molecule has 0 heterocycles. The molecule has 0 radical (unpaired) electrons. The zero-order valence-corrected chi connectivity index (χ0v) is 13.6. The van der Waals surface area contributed by atoms with Gasteiger partial charge in [-0.1, -0.05) is 6.92 Å². The van der Waals surface area contributed by atoms with Gasteiger partial charge in [-0.2, -0.15) is 0 Å². The van der Waals surface area contributed by atoms with Crippen molar-refractivity contribution in [3.8, 4) is 0 Å². The molecule has 1 aromatic rings. The first-order valence-electron chi connectivity index (χ1n) is 6.93. The molecule has 1 rings (SSSR count). The topological polar surface area (TPSA) is 113 Å². The zero-order valence-electron chi connectivity index (χ0n) is 12.7. The Morgan fingerprint density at radius 1 is 1.26 bits per heavy atom. The van der Waals surface area contributed by atoms with Gasteiger partial charge in [-0.05, 0) is 37.6 Å². The average Bonchev–Trinajstić information content (AvgIpc) is 2.51. The third-order valence-electron chi connectivity index (χ3n) is 3.15. The molecule has 0 aliphatic carbocycles. The van der Waals surface area contributed by atoms with Crippen LogP contribution in [0.1, 0.15) is 30.6 Å². The summed E-state index contributed by atoms with van der Waals surface area (Å²) in [5.74, 6) is -2.29. The predicted octanol–water partition coefficient (Wildman–Crippen LogP) is 0.916. The van der Waals surface area contributed by atoms with Crippen molar-refractivity contribution in [3.63, 3.8) is 0 Å². The number of carboxylic acid groups (broad SMARTS) is 1. The SMILES string of the molecule is CCC(C)NS(=O)(=O)c1ccc(C(=O)NC(CF)C(=O)O)cc1. The molecule has 0 saturated heterocycles. The highest BCUT2D eigenvalue weighted by Gasteiger charge is 2.21. The second kappa shape index (κ2) is 8.02. The second-order valence-corrected chi connectivity index (χ2v) is 6.69. The van der Waals surface area contributed by atoms with E-state index in [0.717, 1.165) is 0 Å². The third-order valence-corrected chi connectivity index (χ3v) is 4.76. The number of carbonyl (C=O) groups is 2. The number of nitrogens with one attached hydrogen (secondary N) is 2. The third kappa shape index (κ3) is 5.29. The molecule has 2 unspecified atom stereocenters. The Kier molecular flexibility index (Phi) is 6.64. The molecule has 0 aliphatic heterocycles. The predicted molar refractivity (Wildman–Crippen MR) is 81.4 cm³/mol. The van der Waals surface area contributed by atoms with Gasteiger partial charge >= 0.3 is 5.97 Å². The molecule has 0 aliphatic rings. The molecule has 9 heteroatoms. The number of aliphatic carboxylic acids is 1. The van der Waals surface area contributed by atoms with E-state index < -0.39 is 34.6 Å². The summed E-state index contributed by atoms with van der Waals surface area (Å²) in [5, 5.41) is 10.7. The number of rotatable bonds is 8. The molecule has 1 amide bonds. The van der Waals surface area contributed by atoms with E-state index >= 15 is 0 Å². The van der Waals surface area contributed by atoms with Crippen LogP contribution in [0.2, 0.25) is 0 Å². The van der Waals surface area contributed by atoms with Gasteiger partial charge in [0.1, 0.15) is 6.67 Å². The van der Waals surface area contributed by atoms with E-state index in [4.69, 9.17) is 5.11 Å². The quantitative estimate of drug-likeness (QED) is 0.648. The number of amides is 1. The van der Waals surface area contributed by atoms with Gasteiger partial charge in [0.15, 0.2) is 6.04 Å². The average molecular weight is 346 g/mol. The summed E-state index contributed by atoms with van der Waals surface area (Å²) in [6.07, 6.45) is 0.625. The van der Waals surface area contributed by atoms with Crippen molar-refractivity contribution in [2.45, 2.75) is 37.2 Å². The molecule has 0 saturated carbocycles. The highest BCUT2D eigenvalue weighted by molar-refractivity contribution is 7.89. The van der Waals surface area contributed by atoms with Crippen LogP contribution in [0, 0.1) is 0 Å². The number of hydrogen-bond donors (Lipinski definition) is 3. The number of hydrogen-bond acceptors (Lipinski definition) is 4. The normalized spacial score (nSPS) is 14.0. The van der Waals surface area contributed by atoms with Crippen molar-refractivity contribution in [1.29, 1.82) is 0 Å². The maximum absolute atomic E-state index is 12.5. The van der Waals surface area contributed by atoms with E-state index in [1.54, 1.807) is 6.92 Å². The first-order valence-corrected chi connectivity index (χ1v) is 8.41. The molecule has 0 spiro atoms. The summed E-state index contributed by atoms with van der Waals surface area (Å²) in [7, 11) is -3.69. The minimum atomic E-state index is -3.69. The standard InChI is InChI=1S/C14H19FN2O5S/c1-3-9(2)17-23(21,22)11-6-4-10(5-7-11)13(18)16-12(8-15)14(19)20/h4-7,9,12,17H,3,8H2,1-2H3,(H,16,18)(H,19,20). The van der Waals surface area contributed by atoms with Crippen LogP contribution in [0.3, 0.4) is 0 Å². The molecular weight excluding hydrogens is 327 g/mol. The molecule has 1 aromatic carbocycles. The summed E-state index contributed by atoms with van der Waals surface area (Å²) in [6.45, 7) is 2.32. The van der Waals surface area contributed by atoms with Gasteiger partial charge in [0.05, 0.1) is 4.90 Å².